The highest BCUT2D eigenvalue weighted by Crippen LogP contribution is 2.51. The third kappa shape index (κ3) is 3.28. The van der Waals surface area contributed by atoms with Crippen molar-refractivity contribution in [1.82, 2.24) is 0 Å². The van der Waals surface area contributed by atoms with Gasteiger partial charge in [0.15, 0.2) is 0 Å². The van der Waals surface area contributed by atoms with Crippen LogP contribution in [-0.4, -0.2) is 0 Å². The van der Waals surface area contributed by atoms with E-state index in [9.17, 15) is 0 Å². The molecule has 34 heavy (non-hydrogen) atoms. The van der Waals surface area contributed by atoms with E-state index in [1.807, 2.05) is 22.7 Å². The van der Waals surface area contributed by atoms with Crippen LogP contribution in [0.15, 0.2) is 105 Å². The van der Waals surface area contributed by atoms with Gasteiger partial charge in [0, 0.05) is 31.3 Å². The molecule has 5 aromatic carbocycles. The Balaban J connectivity index is 1.60. The summed E-state index contributed by atoms with van der Waals surface area (Å²) >= 11 is 11.3. The SMILES string of the molecule is Brc1cc2c(-c3ccc4ccccc4c3)c3sc(Br)cc3c(-c3ccc4ccccc4c3)c2s1. The number of thiophene rings is 2. The van der Waals surface area contributed by atoms with Gasteiger partial charge >= 0.3 is 0 Å². The zero-order chi connectivity index (χ0) is 22.8. The molecule has 2 aromatic heterocycles. The molecule has 0 spiro atoms. The lowest BCUT2D eigenvalue weighted by Gasteiger charge is -2.13. The molecule has 0 aliphatic heterocycles. The topological polar surface area (TPSA) is 0 Å². The van der Waals surface area contributed by atoms with Gasteiger partial charge < -0.3 is 0 Å². The molecular weight excluding hydrogens is 584 g/mol. The molecule has 0 saturated heterocycles. The quantitative estimate of drug-likeness (QED) is 0.185. The fourth-order valence-electron chi connectivity index (χ4n) is 4.97. The summed E-state index contributed by atoms with van der Waals surface area (Å²) in [6, 6.07) is 35.4. The van der Waals surface area contributed by atoms with Crippen molar-refractivity contribution in [1.29, 1.82) is 0 Å². The molecule has 0 unspecified atom stereocenters. The van der Waals surface area contributed by atoms with Gasteiger partial charge in [-0.25, -0.2) is 0 Å². The molecule has 7 aromatic rings. The second-order valence-electron chi connectivity index (χ2n) is 8.46. The summed E-state index contributed by atoms with van der Waals surface area (Å²) in [6.45, 7) is 0. The number of halogens is 2. The maximum absolute atomic E-state index is 3.81. The summed E-state index contributed by atoms with van der Waals surface area (Å²) in [4.78, 5) is 0. The number of rotatable bonds is 2. The zero-order valence-corrected chi connectivity index (χ0v) is 22.6. The molecule has 2 heterocycles. The van der Waals surface area contributed by atoms with Gasteiger partial charge in [-0.1, -0.05) is 72.8 Å². The first-order chi connectivity index (χ1) is 16.7. The molecule has 162 valence electrons. The Morgan fingerprint density at radius 2 is 0.853 bits per heavy atom. The molecule has 0 aliphatic carbocycles. The molecule has 0 radical (unpaired) electrons. The first-order valence-corrected chi connectivity index (χ1v) is 14.2. The molecule has 7 rings (SSSR count). The van der Waals surface area contributed by atoms with Gasteiger partial charge in [0.2, 0.25) is 0 Å². The van der Waals surface area contributed by atoms with Crippen LogP contribution in [0.1, 0.15) is 0 Å². The Labute approximate surface area is 221 Å². The third-order valence-corrected chi connectivity index (χ3v) is 9.78. The van der Waals surface area contributed by atoms with E-state index in [1.54, 1.807) is 0 Å². The predicted molar refractivity (Wildman–Crippen MR) is 158 cm³/mol. The van der Waals surface area contributed by atoms with Crippen LogP contribution in [0.5, 0.6) is 0 Å². The molecule has 0 saturated carbocycles. The van der Waals surface area contributed by atoms with Crippen molar-refractivity contribution < 1.29 is 0 Å². The van der Waals surface area contributed by atoms with Gasteiger partial charge in [0.1, 0.15) is 0 Å². The summed E-state index contributed by atoms with van der Waals surface area (Å²) in [7, 11) is 0. The molecule has 0 bridgehead atoms. The summed E-state index contributed by atoms with van der Waals surface area (Å²) in [6.07, 6.45) is 0. The highest BCUT2D eigenvalue weighted by atomic mass is 79.9. The minimum Gasteiger partial charge on any atom is -0.128 e. The van der Waals surface area contributed by atoms with Crippen molar-refractivity contribution in [3.63, 3.8) is 0 Å². The van der Waals surface area contributed by atoms with Crippen LogP contribution in [0.4, 0.5) is 0 Å². The van der Waals surface area contributed by atoms with Crippen molar-refractivity contribution in [3.8, 4) is 22.3 Å². The van der Waals surface area contributed by atoms with E-state index in [2.05, 4.69) is 129 Å². The smallest absolute Gasteiger partial charge is 0.0711 e. The predicted octanol–water partition coefficient (Wildman–Crippen LogP) is 11.3. The molecule has 0 aliphatic rings. The van der Waals surface area contributed by atoms with Gasteiger partial charge in [-0.3, -0.25) is 0 Å². The van der Waals surface area contributed by atoms with Crippen LogP contribution in [0, 0.1) is 0 Å². The molecule has 4 heteroatoms. The lowest BCUT2D eigenvalue weighted by atomic mass is 9.92. The Morgan fingerprint density at radius 1 is 0.441 bits per heavy atom. The van der Waals surface area contributed by atoms with Crippen LogP contribution in [0.25, 0.3) is 64.0 Å². The normalized spacial score (nSPS) is 11.8. The summed E-state index contributed by atoms with van der Waals surface area (Å²) in [5, 5.41) is 7.68. The van der Waals surface area contributed by atoms with Crippen molar-refractivity contribution in [3.05, 3.63) is 105 Å². The maximum atomic E-state index is 3.81. The first-order valence-electron chi connectivity index (χ1n) is 11.0. The fraction of sp³-hybridized carbons (Fsp3) is 0. The lowest BCUT2D eigenvalue weighted by Crippen LogP contribution is -1.86. The largest absolute Gasteiger partial charge is 0.128 e. The van der Waals surface area contributed by atoms with Crippen molar-refractivity contribution in [2.45, 2.75) is 0 Å². The van der Waals surface area contributed by atoms with Crippen molar-refractivity contribution in [2.75, 3.05) is 0 Å². The number of benzene rings is 5. The Morgan fingerprint density at radius 3 is 1.29 bits per heavy atom. The van der Waals surface area contributed by atoms with Gasteiger partial charge in [-0.05, 0) is 88.8 Å². The Bertz CT molecular complexity index is 1700. The molecular formula is C30H16Br2S2. The van der Waals surface area contributed by atoms with E-state index in [-0.39, 0.29) is 0 Å². The number of fused-ring (bicyclic) bond motifs is 4. The van der Waals surface area contributed by atoms with E-state index in [0.717, 1.165) is 7.57 Å². The highest BCUT2D eigenvalue weighted by Gasteiger charge is 2.21. The first kappa shape index (κ1) is 20.8. The van der Waals surface area contributed by atoms with E-state index in [1.165, 1.54) is 64.0 Å². The van der Waals surface area contributed by atoms with Crippen LogP contribution in [0.2, 0.25) is 0 Å². The molecule has 0 fully saturated rings. The van der Waals surface area contributed by atoms with Gasteiger partial charge in [0.25, 0.3) is 0 Å². The Hall–Kier alpha value is -2.50. The average Bonchev–Trinajstić information content (AvgIpc) is 3.43. The second-order valence-corrected chi connectivity index (χ2v) is 13.3. The highest BCUT2D eigenvalue weighted by molar-refractivity contribution is 9.11. The lowest BCUT2D eigenvalue weighted by molar-refractivity contribution is 1.72. The van der Waals surface area contributed by atoms with E-state index < -0.39 is 0 Å². The van der Waals surface area contributed by atoms with Gasteiger partial charge in [-0.2, -0.15) is 0 Å². The summed E-state index contributed by atoms with van der Waals surface area (Å²) in [5.74, 6) is 0. The fourth-order valence-corrected chi connectivity index (χ4v) is 8.35. The van der Waals surface area contributed by atoms with Crippen LogP contribution >= 0.6 is 54.5 Å². The van der Waals surface area contributed by atoms with Crippen molar-refractivity contribution >= 4 is 96.3 Å². The van der Waals surface area contributed by atoms with E-state index in [4.69, 9.17) is 0 Å². The van der Waals surface area contributed by atoms with E-state index in [0.29, 0.717) is 0 Å². The molecule has 0 atom stereocenters. The van der Waals surface area contributed by atoms with Gasteiger partial charge in [0.05, 0.1) is 7.57 Å². The average molecular weight is 600 g/mol. The van der Waals surface area contributed by atoms with Crippen LogP contribution < -0.4 is 0 Å². The van der Waals surface area contributed by atoms with E-state index >= 15 is 0 Å². The minimum atomic E-state index is 1.16. The summed E-state index contributed by atoms with van der Waals surface area (Å²) in [5.41, 5.74) is 5.16. The third-order valence-electron chi connectivity index (χ3n) is 6.47. The summed E-state index contributed by atoms with van der Waals surface area (Å²) < 4.78 is 4.96. The van der Waals surface area contributed by atoms with Crippen LogP contribution in [0.3, 0.4) is 0 Å². The van der Waals surface area contributed by atoms with Crippen LogP contribution in [-0.2, 0) is 0 Å². The second kappa shape index (κ2) is 8.03. The number of hydrogen-bond acceptors (Lipinski definition) is 2. The zero-order valence-electron chi connectivity index (χ0n) is 17.8. The molecule has 0 N–H and O–H groups in total. The minimum absolute atomic E-state index is 1.16. The standard InChI is InChI=1S/C30H16Br2S2/c31-25-15-23-27(21-11-9-17-5-1-3-7-19(17)13-21)29-24(16-26(32)33-29)28(30(23)34-25)22-12-10-18-6-2-4-8-20(18)14-22/h1-16H. The molecule has 0 amide bonds. The maximum Gasteiger partial charge on any atom is 0.0711 e. The number of hydrogen-bond donors (Lipinski definition) is 0. The van der Waals surface area contributed by atoms with Gasteiger partial charge in [-0.15, -0.1) is 22.7 Å². The monoisotopic (exact) mass is 598 g/mol. The Kier molecular flexibility index (Phi) is 4.92. The van der Waals surface area contributed by atoms with Crippen molar-refractivity contribution in [2.24, 2.45) is 0 Å². The molecule has 0 nitrogen and oxygen atoms in total.